The maximum Gasteiger partial charge on any atom is 0.327 e. The highest BCUT2D eigenvalue weighted by molar-refractivity contribution is 7.89. The molecule has 12 heteroatoms. The molecule has 0 saturated heterocycles. The van der Waals surface area contributed by atoms with Crippen LogP contribution in [0.25, 0.3) is 0 Å². The Balaban J connectivity index is 1.74. The number of anilines is 2. The molecule has 0 aliphatic heterocycles. The first-order valence-electron chi connectivity index (χ1n) is 8.36. The molecule has 0 spiro atoms. The van der Waals surface area contributed by atoms with Gasteiger partial charge in [0.1, 0.15) is 17.4 Å². The minimum absolute atomic E-state index is 0.151. The maximum absolute atomic E-state index is 14.2. The number of thiazole rings is 1. The molecule has 1 aromatic heterocycles. The van der Waals surface area contributed by atoms with Crippen LogP contribution in [-0.2, 0) is 10.0 Å². The number of amides is 2. The van der Waals surface area contributed by atoms with Gasteiger partial charge < -0.3 is 4.74 Å². The van der Waals surface area contributed by atoms with Crippen LogP contribution in [0.1, 0.15) is 0 Å². The van der Waals surface area contributed by atoms with Gasteiger partial charge in [0, 0.05) is 13.1 Å². The van der Waals surface area contributed by atoms with E-state index in [-0.39, 0.29) is 21.5 Å². The van der Waals surface area contributed by atoms with E-state index < -0.39 is 27.7 Å². The van der Waals surface area contributed by atoms with Crippen molar-refractivity contribution in [2.75, 3.05) is 24.3 Å². The zero-order chi connectivity index (χ0) is 21.9. The molecule has 30 heavy (non-hydrogen) atoms. The van der Waals surface area contributed by atoms with Crippen LogP contribution in [0, 0.1) is 11.6 Å². The van der Waals surface area contributed by atoms with Crippen LogP contribution < -0.4 is 19.7 Å². The van der Waals surface area contributed by atoms with Gasteiger partial charge in [-0.15, -0.1) is 0 Å². The van der Waals surface area contributed by atoms with E-state index in [1.165, 1.54) is 38.5 Å². The molecule has 2 aromatic carbocycles. The van der Waals surface area contributed by atoms with E-state index >= 15 is 0 Å². The highest BCUT2D eigenvalue weighted by Crippen LogP contribution is 2.31. The lowest BCUT2D eigenvalue weighted by atomic mass is 10.3. The number of carbonyl (C=O) groups is 1. The van der Waals surface area contributed by atoms with Crippen molar-refractivity contribution < 1.29 is 26.7 Å². The summed E-state index contributed by atoms with van der Waals surface area (Å²) in [6.45, 7) is 0. The number of nitrogens with one attached hydrogen (secondary N) is 2. The van der Waals surface area contributed by atoms with Crippen molar-refractivity contribution in [1.82, 2.24) is 9.71 Å². The molecule has 0 aliphatic carbocycles. The molecule has 3 aromatic rings. The largest absolute Gasteiger partial charge is 0.445 e. The van der Waals surface area contributed by atoms with E-state index in [2.05, 4.69) is 15.0 Å². The lowest BCUT2D eigenvalue weighted by molar-refractivity contribution is 0.258. The quantitative estimate of drug-likeness (QED) is 0.590. The predicted octanol–water partition coefficient (Wildman–Crippen LogP) is 3.79. The topological polar surface area (TPSA) is 101 Å². The van der Waals surface area contributed by atoms with Gasteiger partial charge in [-0.2, -0.15) is 0 Å². The number of hydrogen-bond acceptors (Lipinski definition) is 6. The number of rotatable bonds is 6. The number of carbonyl (C=O) groups excluding carboxylic acids is 1. The van der Waals surface area contributed by atoms with Gasteiger partial charge >= 0.3 is 6.03 Å². The monoisotopic (exact) mass is 454 g/mol. The summed E-state index contributed by atoms with van der Waals surface area (Å²) in [5, 5.41) is 2.91. The third-order valence-corrected chi connectivity index (χ3v) is 6.08. The molecule has 2 N–H and O–H groups in total. The van der Waals surface area contributed by atoms with Crippen LogP contribution in [0.2, 0.25) is 0 Å². The van der Waals surface area contributed by atoms with E-state index in [0.29, 0.717) is 5.06 Å². The van der Waals surface area contributed by atoms with Gasteiger partial charge in [0.2, 0.25) is 15.1 Å². The van der Waals surface area contributed by atoms with Gasteiger partial charge in [-0.25, -0.2) is 31.7 Å². The first-order valence-corrected chi connectivity index (χ1v) is 10.7. The lowest BCUT2D eigenvalue weighted by Gasteiger charge is -2.18. The van der Waals surface area contributed by atoms with Crippen molar-refractivity contribution in [3.8, 4) is 10.8 Å². The molecular formula is C18H16F2N4O4S2. The lowest BCUT2D eigenvalue weighted by Crippen LogP contribution is -2.32. The van der Waals surface area contributed by atoms with E-state index in [0.717, 1.165) is 34.4 Å². The van der Waals surface area contributed by atoms with Crippen molar-refractivity contribution in [1.29, 1.82) is 0 Å². The van der Waals surface area contributed by atoms with Crippen LogP contribution in [0.3, 0.4) is 0 Å². The Kier molecular flexibility index (Phi) is 6.29. The Hall–Kier alpha value is -3.09. The molecule has 0 unspecified atom stereocenters. The first-order chi connectivity index (χ1) is 14.2. The number of benzene rings is 2. The molecule has 0 saturated carbocycles. The highest BCUT2D eigenvalue weighted by Gasteiger charge is 2.20. The first kappa shape index (κ1) is 21.6. The Morgan fingerprint density at radius 2 is 1.97 bits per heavy atom. The molecule has 0 radical (unpaired) electrons. The summed E-state index contributed by atoms with van der Waals surface area (Å²) >= 11 is 0.976. The fraction of sp³-hybridized carbons (Fsp3) is 0.111. The second-order valence-corrected chi connectivity index (χ2v) is 8.73. The van der Waals surface area contributed by atoms with E-state index in [1.807, 2.05) is 0 Å². The van der Waals surface area contributed by atoms with Crippen LogP contribution in [0.15, 0.2) is 53.6 Å². The van der Waals surface area contributed by atoms with Crippen molar-refractivity contribution in [2.24, 2.45) is 0 Å². The Morgan fingerprint density at radius 3 is 2.67 bits per heavy atom. The zero-order valence-electron chi connectivity index (χ0n) is 15.7. The summed E-state index contributed by atoms with van der Waals surface area (Å²) in [5.74, 6) is -0.980. The summed E-state index contributed by atoms with van der Waals surface area (Å²) in [6, 6.07) is 7.85. The predicted molar refractivity (Wildman–Crippen MR) is 109 cm³/mol. The summed E-state index contributed by atoms with van der Waals surface area (Å²) in [7, 11) is -1.31. The van der Waals surface area contributed by atoms with Crippen LogP contribution in [-0.4, -0.2) is 33.5 Å². The number of nitrogens with zero attached hydrogens (tertiary/aromatic N) is 2. The van der Waals surface area contributed by atoms with Gasteiger partial charge in [0.15, 0.2) is 5.13 Å². The second-order valence-electron chi connectivity index (χ2n) is 5.85. The minimum Gasteiger partial charge on any atom is -0.445 e. The van der Waals surface area contributed by atoms with Gasteiger partial charge in [-0.3, -0.25) is 10.2 Å². The average molecular weight is 454 g/mol. The number of ether oxygens (including phenoxy) is 1. The molecule has 2 amide bonds. The second kappa shape index (κ2) is 8.73. The summed E-state index contributed by atoms with van der Waals surface area (Å²) in [4.78, 5) is 17.2. The fourth-order valence-electron chi connectivity index (χ4n) is 2.33. The number of sulfonamides is 1. The van der Waals surface area contributed by atoms with Crippen LogP contribution >= 0.6 is 11.3 Å². The highest BCUT2D eigenvalue weighted by atomic mass is 32.2. The average Bonchev–Trinajstić information content (AvgIpc) is 3.14. The molecule has 0 atom stereocenters. The number of hydrogen-bond donors (Lipinski definition) is 2. The summed E-state index contributed by atoms with van der Waals surface area (Å²) in [6.07, 6.45) is 1.34. The number of halogens is 2. The van der Waals surface area contributed by atoms with E-state index in [9.17, 15) is 22.0 Å². The molecule has 0 aliphatic rings. The SMILES string of the molecule is CNS(=O)(=O)c1ccc(F)c(N(C)C(=O)Nc2ncc(Oc3cccc(F)c3)s2)c1. The minimum atomic E-state index is -3.81. The van der Waals surface area contributed by atoms with Crippen molar-refractivity contribution in [3.05, 3.63) is 60.3 Å². The molecule has 8 nitrogen and oxygen atoms in total. The van der Waals surface area contributed by atoms with Crippen molar-refractivity contribution in [3.63, 3.8) is 0 Å². The zero-order valence-corrected chi connectivity index (χ0v) is 17.4. The third-order valence-electron chi connectivity index (χ3n) is 3.88. The number of aromatic nitrogens is 1. The normalized spacial score (nSPS) is 11.2. The Morgan fingerprint density at radius 1 is 1.20 bits per heavy atom. The van der Waals surface area contributed by atoms with Crippen LogP contribution in [0.4, 0.5) is 24.4 Å². The fourth-order valence-corrected chi connectivity index (χ4v) is 3.76. The van der Waals surface area contributed by atoms with Crippen molar-refractivity contribution in [2.45, 2.75) is 4.90 Å². The smallest absolute Gasteiger partial charge is 0.327 e. The molecule has 0 bridgehead atoms. The van der Waals surface area contributed by atoms with Gasteiger partial charge in [0.25, 0.3) is 0 Å². The summed E-state index contributed by atoms with van der Waals surface area (Å²) < 4.78 is 58.9. The maximum atomic E-state index is 14.2. The molecule has 158 valence electrons. The van der Waals surface area contributed by atoms with Gasteiger partial charge in [-0.1, -0.05) is 17.4 Å². The number of urea groups is 1. The standard InChI is InChI=1S/C18H16F2N4O4S2/c1-21-30(26,27)13-6-7-14(20)15(9-13)24(2)18(25)23-17-22-10-16(29-17)28-12-5-3-4-11(19)8-12/h3-10,21H,1-2H3,(H,22,23,25). The Labute approximate surface area is 175 Å². The van der Waals surface area contributed by atoms with E-state index in [1.54, 1.807) is 6.07 Å². The van der Waals surface area contributed by atoms with Gasteiger partial charge in [0.05, 0.1) is 16.8 Å². The molecule has 3 rings (SSSR count). The van der Waals surface area contributed by atoms with Gasteiger partial charge in [-0.05, 0) is 37.4 Å². The van der Waals surface area contributed by atoms with Crippen LogP contribution in [0.5, 0.6) is 10.8 Å². The Bertz CT molecular complexity index is 1180. The molecular weight excluding hydrogens is 438 g/mol. The molecule has 1 heterocycles. The van der Waals surface area contributed by atoms with E-state index in [4.69, 9.17) is 4.74 Å². The summed E-state index contributed by atoms with van der Waals surface area (Å²) in [5.41, 5.74) is -0.239. The third kappa shape index (κ3) is 4.90. The molecule has 0 fully saturated rings. The van der Waals surface area contributed by atoms with Crippen molar-refractivity contribution >= 4 is 38.2 Å².